The maximum Gasteiger partial charge on any atom is 0.294 e. The fourth-order valence-corrected chi connectivity index (χ4v) is 4.38. The van der Waals surface area contributed by atoms with Crippen molar-refractivity contribution in [3.63, 3.8) is 0 Å². The van der Waals surface area contributed by atoms with E-state index < -0.39 is 5.82 Å². The van der Waals surface area contributed by atoms with E-state index in [9.17, 15) is 14.0 Å². The lowest BCUT2D eigenvalue weighted by Crippen LogP contribution is -2.50. The molecule has 29 heavy (non-hydrogen) atoms. The number of nitrogens with zero attached hydrogens (tertiary/aromatic N) is 3. The van der Waals surface area contributed by atoms with Crippen molar-refractivity contribution in [1.82, 2.24) is 9.80 Å². The van der Waals surface area contributed by atoms with Gasteiger partial charge in [0.25, 0.3) is 11.1 Å². The summed E-state index contributed by atoms with van der Waals surface area (Å²) >= 11 is 6.92. The summed E-state index contributed by atoms with van der Waals surface area (Å²) in [7, 11) is 0. The predicted octanol–water partition coefficient (Wildman–Crippen LogP) is 4.30. The van der Waals surface area contributed by atoms with Crippen LogP contribution in [0.15, 0.2) is 53.4 Å². The molecule has 2 aliphatic rings. The molecule has 0 unspecified atom stereocenters. The number of benzene rings is 2. The van der Waals surface area contributed by atoms with Gasteiger partial charge in [0.2, 0.25) is 0 Å². The normalized spacial score (nSPS) is 19.4. The highest BCUT2D eigenvalue weighted by Crippen LogP contribution is 2.33. The van der Waals surface area contributed by atoms with Crippen LogP contribution in [0, 0.1) is 5.82 Å². The largest absolute Gasteiger partial charge is 0.369 e. The predicted molar refractivity (Wildman–Crippen MR) is 114 cm³/mol. The summed E-state index contributed by atoms with van der Waals surface area (Å²) in [5, 5.41) is 0.374. The Kier molecular flexibility index (Phi) is 5.89. The number of hydrogen-bond donors (Lipinski definition) is 0. The molecule has 4 rings (SSSR count). The zero-order chi connectivity index (χ0) is 20.4. The zero-order valence-corrected chi connectivity index (χ0v) is 17.1. The first-order valence-corrected chi connectivity index (χ1v) is 10.4. The van der Waals surface area contributed by atoms with Crippen LogP contribution in [0.4, 0.5) is 14.9 Å². The van der Waals surface area contributed by atoms with Crippen LogP contribution < -0.4 is 4.90 Å². The van der Waals surface area contributed by atoms with Gasteiger partial charge < -0.3 is 4.90 Å². The summed E-state index contributed by atoms with van der Waals surface area (Å²) in [6, 6.07) is 13.9. The summed E-state index contributed by atoms with van der Waals surface area (Å²) in [6.45, 7) is 3.24. The first-order valence-electron chi connectivity index (χ1n) is 9.24. The molecular weight excluding hydrogens is 413 g/mol. The minimum absolute atomic E-state index is 0.239. The van der Waals surface area contributed by atoms with Gasteiger partial charge in [-0.3, -0.25) is 19.4 Å². The number of imide groups is 1. The Morgan fingerprint density at radius 3 is 2.52 bits per heavy atom. The van der Waals surface area contributed by atoms with Crippen LogP contribution in [0.1, 0.15) is 5.56 Å². The Bertz CT molecular complexity index is 976. The van der Waals surface area contributed by atoms with Crippen molar-refractivity contribution in [1.29, 1.82) is 0 Å². The molecule has 2 aliphatic heterocycles. The Hall–Kier alpha value is -2.35. The van der Waals surface area contributed by atoms with Crippen LogP contribution in [0.2, 0.25) is 5.02 Å². The van der Waals surface area contributed by atoms with E-state index in [0.29, 0.717) is 10.6 Å². The molecular formula is C21H19ClFN3O2S. The fraction of sp³-hybridized carbons (Fsp3) is 0.238. The summed E-state index contributed by atoms with van der Waals surface area (Å²) < 4.78 is 13.9. The fourth-order valence-electron chi connectivity index (χ4n) is 3.38. The Morgan fingerprint density at radius 1 is 1.03 bits per heavy atom. The number of hydrogen-bond acceptors (Lipinski definition) is 5. The molecule has 150 valence electrons. The third-order valence-corrected chi connectivity index (χ3v) is 6.09. The molecule has 5 nitrogen and oxygen atoms in total. The monoisotopic (exact) mass is 431 g/mol. The van der Waals surface area contributed by atoms with Gasteiger partial charge in [0.15, 0.2) is 0 Å². The topological polar surface area (TPSA) is 43.9 Å². The summed E-state index contributed by atoms with van der Waals surface area (Å²) in [4.78, 5) is 30.8. The second-order valence-corrected chi connectivity index (χ2v) is 8.29. The molecule has 0 aliphatic carbocycles. The molecule has 0 N–H and O–H groups in total. The van der Waals surface area contributed by atoms with Crippen LogP contribution in [0.25, 0.3) is 6.08 Å². The Morgan fingerprint density at radius 2 is 1.79 bits per heavy atom. The average Bonchev–Trinajstić information content (AvgIpc) is 2.98. The molecule has 2 aromatic rings. The highest BCUT2D eigenvalue weighted by atomic mass is 35.5. The van der Waals surface area contributed by atoms with Crippen molar-refractivity contribution in [3.05, 3.63) is 69.8 Å². The summed E-state index contributed by atoms with van der Waals surface area (Å²) in [5.74, 6) is -0.794. The maximum atomic E-state index is 13.9. The van der Waals surface area contributed by atoms with E-state index in [1.807, 2.05) is 24.3 Å². The van der Waals surface area contributed by atoms with Crippen molar-refractivity contribution >= 4 is 46.3 Å². The Labute approximate surface area is 177 Å². The molecule has 2 fully saturated rings. The highest BCUT2D eigenvalue weighted by Gasteiger charge is 2.36. The van der Waals surface area contributed by atoms with Gasteiger partial charge in [-0.15, -0.1) is 0 Å². The van der Waals surface area contributed by atoms with Crippen LogP contribution in [-0.4, -0.2) is 53.8 Å². The van der Waals surface area contributed by atoms with Gasteiger partial charge >= 0.3 is 0 Å². The van der Waals surface area contributed by atoms with E-state index in [2.05, 4.69) is 9.80 Å². The number of piperazine rings is 1. The minimum Gasteiger partial charge on any atom is -0.369 e. The van der Waals surface area contributed by atoms with Gasteiger partial charge in [0.1, 0.15) is 5.82 Å². The van der Waals surface area contributed by atoms with Crippen molar-refractivity contribution in [3.8, 4) is 0 Å². The summed E-state index contributed by atoms with van der Waals surface area (Å²) in [5.41, 5.74) is 1.37. The third kappa shape index (κ3) is 4.47. The van der Waals surface area contributed by atoms with E-state index in [1.165, 1.54) is 17.0 Å². The Balaban J connectivity index is 1.38. The SMILES string of the molecule is O=C1SC(=Cc2ccccc2F)C(=O)N1CN1CCN(c2cccc(Cl)c2)CC1. The molecule has 0 aromatic heterocycles. The smallest absolute Gasteiger partial charge is 0.294 e. The van der Waals surface area contributed by atoms with Gasteiger partial charge in [0.05, 0.1) is 11.6 Å². The van der Waals surface area contributed by atoms with Gasteiger partial charge in [-0.1, -0.05) is 35.9 Å². The molecule has 0 saturated carbocycles. The van der Waals surface area contributed by atoms with Crippen LogP contribution in [0.5, 0.6) is 0 Å². The quantitative estimate of drug-likeness (QED) is 0.675. The lowest BCUT2D eigenvalue weighted by atomic mass is 10.2. The zero-order valence-electron chi connectivity index (χ0n) is 15.6. The van der Waals surface area contributed by atoms with E-state index >= 15 is 0 Å². The van der Waals surface area contributed by atoms with E-state index in [-0.39, 0.29) is 22.7 Å². The maximum absolute atomic E-state index is 13.9. The standard InChI is InChI=1S/C21H19ClFN3O2S/c22-16-5-3-6-17(13-16)25-10-8-24(9-11-25)14-26-20(27)19(29-21(26)28)12-15-4-1-2-7-18(15)23/h1-7,12-13H,8-11,14H2. The average molecular weight is 432 g/mol. The molecule has 2 saturated heterocycles. The van der Waals surface area contributed by atoms with Crippen molar-refractivity contribution in [2.24, 2.45) is 0 Å². The lowest BCUT2D eigenvalue weighted by Gasteiger charge is -2.37. The molecule has 0 radical (unpaired) electrons. The van der Waals surface area contributed by atoms with E-state index in [4.69, 9.17) is 11.6 Å². The number of carbonyl (C=O) groups is 2. The van der Waals surface area contributed by atoms with Gasteiger partial charge in [-0.05, 0) is 42.1 Å². The molecule has 0 spiro atoms. The molecule has 8 heteroatoms. The van der Waals surface area contributed by atoms with E-state index in [1.54, 1.807) is 18.2 Å². The molecule has 0 atom stereocenters. The highest BCUT2D eigenvalue weighted by molar-refractivity contribution is 8.18. The molecule has 2 heterocycles. The van der Waals surface area contributed by atoms with Crippen LogP contribution in [0.3, 0.4) is 0 Å². The van der Waals surface area contributed by atoms with Gasteiger partial charge in [-0.2, -0.15) is 0 Å². The van der Waals surface area contributed by atoms with Crippen molar-refractivity contribution in [2.75, 3.05) is 37.7 Å². The lowest BCUT2D eigenvalue weighted by molar-refractivity contribution is -0.124. The number of anilines is 1. The molecule has 2 aromatic carbocycles. The number of thioether (sulfide) groups is 1. The number of halogens is 2. The number of carbonyl (C=O) groups excluding carboxylic acids is 2. The third-order valence-electron chi connectivity index (χ3n) is 4.95. The van der Waals surface area contributed by atoms with E-state index in [0.717, 1.165) is 43.6 Å². The van der Waals surface area contributed by atoms with Gasteiger partial charge in [-0.25, -0.2) is 4.39 Å². The summed E-state index contributed by atoms with van der Waals surface area (Å²) in [6.07, 6.45) is 1.44. The van der Waals surface area contributed by atoms with Crippen molar-refractivity contribution < 1.29 is 14.0 Å². The van der Waals surface area contributed by atoms with Crippen molar-refractivity contribution in [2.45, 2.75) is 0 Å². The first kappa shape index (κ1) is 19.9. The number of rotatable bonds is 4. The second-order valence-electron chi connectivity index (χ2n) is 6.86. The first-order chi connectivity index (χ1) is 14.0. The minimum atomic E-state index is -0.420. The second kappa shape index (κ2) is 8.57. The van der Waals surface area contributed by atoms with Gasteiger partial charge in [0, 0.05) is 42.5 Å². The van der Waals surface area contributed by atoms with Crippen LogP contribution >= 0.6 is 23.4 Å². The molecule has 0 bridgehead atoms. The van der Waals surface area contributed by atoms with Crippen LogP contribution in [-0.2, 0) is 4.79 Å². The number of amides is 2. The molecule has 2 amide bonds.